The van der Waals surface area contributed by atoms with Crippen LogP contribution in [0.1, 0.15) is 15.2 Å². The molecule has 2 aromatic heterocycles. The molecule has 0 atom stereocenters. The zero-order valence-electron chi connectivity index (χ0n) is 10.0. The second-order valence-corrected chi connectivity index (χ2v) is 6.04. The number of aromatic nitrogens is 1. The molecule has 0 aliphatic carbocycles. The van der Waals surface area contributed by atoms with Gasteiger partial charge in [0.15, 0.2) is 0 Å². The van der Waals surface area contributed by atoms with E-state index < -0.39 is 0 Å². The number of hydrogen-bond acceptors (Lipinski definition) is 4. The number of nitrogens with one attached hydrogen (secondary N) is 2. The van der Waals surface area contributed by atoms with Crippen LogP contribution in [0.25, 0.3) is 0 Å². The molecular formula is C12H11BrClN3OS. The summed E-state index contributed by atoms with van der Waals surface area (Å²) in [5, 5.41) is 8.07. The summed E-state index contributed by atoms with van der Waals surface area (Å²) in [6.45, 7) is 0.487. The first-order valence-electron chi connectivity index (χ1n) is 5.44. The molecule has 0 bridgehead atoms. The van der Waals surface area contributed by atoms with E-state index >= 15 is 0 Å². The number of thiophene rings is 1. The lowest BCUT2D eigenvalue weighted by molar-refractivity contribution is 0.0951. The van der Waals surface area contributed by atoms with Gasteiger partial charge in [-0.3, -0.25) is 4.79 Å². The van der Waals surface area contributed by atoms with E-state index in [4.69, 9.17) is 11.6 Å². The third-order valence-corrected chi connectivity index (χ3v) is 4.37. The smallest absolute Gasteiger partial charge is 0.253 e. The molecule has 0 unspecified atom stereocenters. The van der Waals surface area contributed by atoms with Crippen LogP contribution in [0, 0.1) is 0 Å². The van der Waals surface area contributed by atoms with E-state index in [9.17, 15) is 4.79 Å². The van der Waals surface area contributed by atoms with Crippen molar-refractivity contribution in [2.45, 2.75) is 6.54 Å². The second-order valence-electron chi connectivity index (χ2n) is 3.72. The van der Waals surface area contributed by atoms with Crippen LogP contribution >= 0.6 is 38.9 Å². The number of pyridine rings is 1. The zero-order chi connectivity index (χ0) is 13.8. The summed E-state index contributed by atoms with van der Waals surface area (Å²) in [6.07, 6.45) is 1.50. The highest BCUT2D eigenvalue weighted by Gasteiger charge is 2.09. The molecule has 0 saturated carbocycles. The number of amides is 1. The first-order chi connectivity index (χ1) is 9.10. The van der Waals surface area contributed by atoms with E-state index in [0.717, 1.165) is 9.35 Å². The van der Waals surface area contributed by atoms with Crippen molar-refractivity contribution in [3.05, 3.63) is 43.6 Å². The lowest BCUT2D eigenvalue weighted by Gasteiger charge is -2.06. The molecule has 100 valence electrons. The van der Waals surface area contributed by atoms with E-state index in [0.29, 0.717) is 22.9 Å². The lowest BCUT2D eigenvalue weighted by Crippen LogP contribution is -2.22. The Morgan fingerprint density at radius 1 is 1.53 bits per heavy atom. The second kappa shape index (κ2) is 6.36. The van der Waals surface area contributed by atoms with Gasteiger partial charge >= 0.3 is 0 Å². The first-order valence-corrected chi connectivity index (χ1v) is 7.49. The fourth-order valence-corrected chi connectivity index (χ4v) is 3.11. The van der Waals surface area contributed by atoms with Gasteiger partial charge in [-0.1, -0.05) is 11.6 Å². The molecule has 7 heteroatoms. The minimum absolute atomic E-state index is 0.193. The van der Waals surface area contributed by atoms with Gasteiger partial charge in [-0.15, -0.1) is 11.3 Å². The topological polar surface area (TPSA) is 54.0 Å². The minimum Gasteiger partial charge on any atom is -0.372 e. The zero-order valence-corrected chi connectivity index (χ0v) is 13.2. The van der Waals surface area contributed by atoms with Gasteiger partial charge in [0.2, 0.25) is 0 Å². The highest BCUT2D eigenvalue weighted by Crippen LogP contribution is 2.21. The van der Waals surface area contributed by atoms with Crippen LogP contribution in [0.4, 0.5) is 5.82 Å². The normalized spacial score (nSPS) is 10.3. The molecule has 2 aromatic rings. The average Bonchev–Trinajstić information content (AvgIpc) is 2.81. The number of anilines is 1. The Morgan fingerprint density at radius 2 is 2.32 bits per heavy atom. The quantitative estimate of drug-likeness (QED) is 0.877. The molecule has 2 rings (SSSR count). The molecule has 0 fully saturated rings. The Morgan fingerprint density at radius 3 is 2.89 bits per heavy atom. The Kier molecular flexibility index (Phi) is 4.79. The number of hydrogen-bond donors (Lipinski definition) is 2. The maximum Gasteiger partial charge on any atom is 0.253 e. The summed E-state index contributed by atoms with van der Waals surface area (Å²) < 4.78 is 1.02. The van der Waals surface area contributed by atoms with Crippen molar-refractivity contribution in [3.63, 3.8) is 0 Å². The van der Waals surface area contributed by atoms with Crippen molar-refractivity contribution in [3.8, 4) is 0 Å². The molecule has 1 amide bonds. The molecule has 2 N–H and O–H groups in total. The maximum absolute atomic E-state index is 11.9. The van der Waals surface area contributed by atoms with E-state index in [1.165, 1.54) is 6.20 Å². The summed E-state index contributed by atoms with van der Waals surface area (Å²) in [5.74, 6) is 0.363. The van der Waals surface area contributed by atoms with Crippen LogP contribution in [0.3, 0.4) is 0 Å². The summed E-state index contributed by atoms with van der Waals surface area (Å²) in [4.78, 5) is 17.1. The standard InChI is InChI=1S/C12H11BrClN3OS/c1-15-11-10(14)2-7(4-16-11)12(18)17-5-9-3-8(13)6-19-9/h2-4,6H,5H2,1H3,(H,15,16)(H,17,18). The molecule has 0 spiro atoms. The Labute approximate surface area is 128 Å². The van der Waals surface area contributed by atoms with Crippen molar-refractivity contribution in [1.29, 1.82) is 0 Å². The van der Waals surface area contributed by atoms with Gasteiger partial charge in [0.05, 0.1) is 17.1 Å². The number of carbonyl (C=O) groups is 1. The van der Waals surface area contributed by atoms with Crippen LogP contribution in [0.5, 0.6) is 0 Å². The summed E-state index contributed by atoms with van der Waals surface area (Å²) in [6, 6.07) is 3.57. The van der Waals surface area contributed by atoms with E-state index in [1.807, 2.05) is 11.4 Å². The summed E-state index contributed by atoms with van der Waals surface area (Å²) >= 11 is 10.9. The van der Waals surface area contributed by atoms with Crippen molar-refractivity contribution in [2.24, 2.45) is 0 Å². The Hall–Kier alpha value is -1.11. The third-order valence-electron chi connectivity index (χ3n) is 2.39. The number of carbonyl (C=O) groups excluding carboxylic acids is 1. The third kappa shape index (κ3) is 3.68. The van der Waals surface area contributed by atoms with E-state index in [1.54, 1.807) is 24.5 Å². The van der Waals surface area contributed by atoms with Crippen LogP contribution in [0.2, 0.25) is 5.02 Å². The van der Waals surface area contributed by atoms with Gasteiger partial charge in [-0.05, 0) is 28.1 Å². The van der Waals surface area contributed by atoms with Crippen molar-refractivity contribution in [1.82, 2.24) is 10.3 Å². The van der Waals surface area contributed by atoms with Gasteiger partial charge in [-0.2, -0.15) is 0 Å². The van der Waals surface area contributed by atoms with Crippen LogP contribution < -0.4 is 10.6 Å². The largest absolute Gasteiger partial charge is 0.372 e. The van der Waals surface area contributed by atoms with Crippen LogP contribution in [-0.4, -0.2) is 17.9 Å². The van der Waals surface area contributed by atoms with Gasteiger partial charge in [0.25, 0.3) is 5.91 Å². The van der Waals surface area contributed by atoms with Crippen LogP contribution in [-0.2, 0) is 6.54 Å². The minimum atomic E-state index is -0.193. The highest BCUT2D eigenvalue weighted by molar-refractivity contribution is 9.10. The predicted molar refractivity (Wildman–Crippen MR) is 82.0 cm³/mol. The molecule has 0 saturated heterocycles. The van der Waals surface area contributed by atoms with Crippen molar-refractivity contribution < 1.29 is 4.79 Å². The summed E-state index contributed by atoms with van der Waals surface area (Å²) in [7, 11) is 1.72. The monoisotopic (exact) mass is 359 g/mol. The van der Waals surface area contributed by atoms with E-state index in [2.05, 4.69) is 31.5 Å². The van der Waals surface area contributed by atoms with Gasteiger partial charge in [0, 0.05) is 28.0 Å². The first kappa shape index (κ1) is 14.3. The Bertz CT molecular complexity index is 602. The SMILES string of the molecule is CNc1ncc(C(=O)NCc2cc(Br)cs2)cc1Cl. The highest BCUT2D eigenvalue weighted by atomic mass is 79.9. The molecule has 0 aromatic carbocycles. The number of nitrogens with zero attached hydrogens (tertiary/aromatic N) is 1. The number of rotatable bonds is 4. The molecule has 2 heterocycles. The fraction of sp³-hybridized carbons (Fsp3) is 0.167. The van der Waals surface area contributed by atoms with Gasteiger partial charge in [-0.25, -0.2) is 4.98 Å². The average molecular weight is 361 g/mol. The molecule has 0 radical (unpaired) electrons. The van der Waals surface area contributed by atoms with Crippen molar-refractivity contribution >= 4 is 50.6 Å². The summed E-state index contributed by atoms with van der Waals surface area (Å²) in [5.41, 5.74) is 0.444. The fourth-order valence-electron chi connectivity index (χ4n) is 1.46. The molecule has 19 heavy (non-hydrogen) atoms. The molecule has 0 aliphatic rings. The van der Waals surface area contributed by atoms with E-state index in [-0.39, 0.29) is 5.91 Å². The lowest BCUT2D eigenvalue weighted by atomic mass is 10.2. The Balaban J connectivity index is 2.01. The van der Waals surface area contributed by atoms with Crippen molar-refractivity contribution in [2.75, 3.05) is 12.4 Å². The molecule has 0 aliphatic heterocycles. The molecular weight excluding hydrogens is 350 g/mol. The predicted octanol–water partition coefficient (Wildman–Crippen LogP) is 3.53. The molecule has 4 nitrogen and oxygen atoms in total. The maximum atomic E-state index is 11.9. The van der Waals surface area contributed by atoms with Gasteiger partial charge in [0.1, 0.15) is 5.82 Å². The van der Waals surface area contributed by atoms with Gasteiger partial charge < -0.3 is 10.6 Å². The number of halogens is 2. The van der Waals surface area contributed by atoms with Crippen LogP contribution in [0.15, 0.2) is 28.2 Å².